The molecule has 0 aromatic heterocycles. The van der Waals surface area contributed by atoms with Gasteiger partial charge in [0.15, 0.2) is 0 Å². The molecule has 2 rings (SSSR count). The Morgan fingerprint density at radius 1 is 1.19 bits per heavy atom. The van der Waals surface area contributed by atoms with Crippen molar-refractivity contribution in [2.24, 2.45) is 5.92 Å². The molecular formula is C16H17F2NO2. The minimum absolute atomic E-state index is 0.0296. The van der Waals surface area contributed by atoms with E-state index in [0.29, 0.717) is 31.1 Å². The summed E-state index contributed by atoms with van der Waals surface area (Å²) in [6.07, 6.45) is 1.99. The van der Waals surface area contributed by atoms with Crippen LogP contribution in [0.2, 0.25) is 0 Å². The lowest BCUT2D eigenvalue weighted by Crippen LogP contribution is -2.35. The lowest BCUT2D eigenvalue weighted by Gasteiger charge is -2.32. The second-order valence-corrected chi connectivity index (χ2v) is 5.14. The van der Waals surface area contributed by atoms with Crippen LogP contribution in [0.15, 0.2) is 35.9 Å². The van der Waals surface area contributed by atoms with Crippen molar-refractivity contribution in [3.8, 4) is 0 Å². The molecule has 1 atom stereocenters. The number of carbonyl (C=O) groups is 2. The molecule has 1 N–H and O–H groups in total. The summed E-state index contributed by atoms with van der Waals surface area (Å²) < 4.78 is 28.2. The number of halogens is 2. The Balaban J connectivity index is 2.51. The van der Waals surface area contributed by atoms with Gasteiger partial charge in [0.1, 0.15) is 6.29 Å². The number of nitrogens with one attached hydrogen (secondary N) is 1. The van der Waals surface area contributed by atoms with Gasteiger partial charge in [0.2, 0.25) is 6.41 Å². The van der Waals surface area contributed by atoms with E-state index in [1.54, 1.807) is 30.3 Å². The third-order valence-corrected chi connectivity index (χ3v) is 3.82. The monoisotopic (exact) mass is 293 g/mol. The zero-order valence-electron chi connectivity index (χ0n) is 11.5. The van der Waals surface area contributed by atoms with E-state index in [4.69, 9.17) is 0 Å². The number of benzene rings is 1. The van der Waals surface area contributed by atoms with Crippen LogP contribution in [0.3, 0.4) is 0 Å². The van der Waals surface area contributed by atoms with Crippen molar-refractivity contribution in [3.05, 3.63) is 41.5 Å². The first-order valence-corrected chi connectivity index (χ1v) is 6.93. The second-order valence-electron chi connectivity index (χ2n) is 5.14. The molecule has 1 aromatic carbocycles. The predicted molar refractivity (Wildman–Crippen MR) is 75.5 cm³/mol. The van der Waals surface area contributed by atoms with Gasteiger partial charge in [-0.3, -0.25) is 9.59 Å². The molecule has 1 aliphatic carbocycles. The molecule has 0 bridgehead atoms. The van der Waals surface area contributed by atoms with Crippen LogP contribution >= 0.6 is 0 Å². The van der Waals surface area contributed by atoms with Crippen LogP contribution in [0.1, 0.15) is 31.2 Å². The van der Waals surface area contributed by atoms with Crippen molar-refractivity contribution in [2.75, 3.05) is 0 Å². The average Bonchev–Trinajstić information content (AvgIpc) is 2.49. The van der Waals surface area contributed by atoms with E-state index in [-0.39, 0.29) is 24.1 Å². The number of carbonyl (C=O) groups excluding carboxylic acids is 2. The minimum atomic E-state index is -2.92. The number of alkyl halides is 2. The Hall–Kier alpha value is -2.04. The summed E-state index contributed by atoms with van der Waals surface area (Å²) in [4.78, 5) is 22.2. The Kier molecular flexibility index (Phi) is 4.83. The number of hydrogen-bond donors (Lipinski definition) is 1. The van der Waals surface area contributed by atoms with Crippen LogP contribution in [0.5, 0.6) is 0 Å². The first-order chi connectivity index (χ1) is 10.1. The van der Waals surface area contributed by atoms with E-state index in [1.165, 1.54) is 0 Å². The molecule has 0 heterocycles. The maximum Gasteiger partial charge on any atom is 0.255 e. The van der Waals surface area contributed by atoms with Crippen LogP contribution in [0.4, 0.5) is 8.78 Å². The smallest absolute Gasteiger partial charge is 0.255 e. The second kappa shape index (κ2) is 6.61. The number of rotatable bonds is 5. The largest absolute Gasteiger partial charge is 0.328 e. The molecule has 0 aliphatic heterocycles. The molecule has 1 unspecified atom stereocenters. The summed E-state index contributed by atoms with van der Waals surface area (Å²) in [6, 6.07) is 8.58. The molecule has 21 heavy (non-hydrogen) atoms. The van der Waals surface area contributed by atoms with Gasteiger partial charge in [-0.15, -0.1) is 0 Å². The van der Waals surface area contributed by atoms with Gasteiger partial charge in [-0.1, -0.05) is 36.8 Å². The predicted octanol–water partition coefficient (Wildman–Crippen LogP) is 3.17. The fourth-order valence-corrected chi connectivity index (χ4v) is 2.79. The highest BCUT2D eigenvalue weighted by Crippen LogP contribution is 2.43. The van der Waals surface area contributed by atoms with Crippen LogP contribution in [-0.2, 0) is 9.59 Å². The van der Waals surface area contributed by atoms with E-state index in [2.05, 4.69) is 5.32 Å². The van der Waals surface area contributed by atoms with Crippen molar-refractivity contribution in [1.29, 1.82) is 0 Å². The summed E-state index contributed by atoms with van der Waals surface area (Å²) in [5, 5.41) is 2.42. The van der Waals surface area contributed by atoms with Gasteiger partial charge in [-0.2, -0.15) is 0 Å². The molecule has 1 amide bonds. The summed E-state index contributed by atoms with van der Waals surface area (Å²) >= 11 is 0. The molecular weight excluding hydrogens is 276 g/mol. The summed E-state index contributed by atoms with van der Waals surface area (Å²) in [6.45, 7) is 0. The molecule has 0 spiro atoms. The molecule has 0 saturated heterocycles. The van der Waals surface area contributed by atoms with Gasteiger partial charge >= 0.3 is 0 Å². The third-order valence-electron chi connectivity index (χ3n) is 3.82. The zero-order valence-corrected chi connectivity index (χ0v) is 11.5. The van der Waals surface area contributed by atoms with Gasteiger partial charge in [-0.05, 0) is 18.4 Å². The Morgan fingerprint density at radius 2 is 1.90 bits per heavy atom. The zero-order chi connectivity index (χ0) is 15.3. The van der Waals surface area contributed by atoms with E-state index in [0.717, 1.165) is 0 Å². The highest BCUT2D eigenvalue weighted by molar-refractivity contribution is 5.91. The van der Waals surface area contributed by atoms with Crippen LogP contribution in [0.25, 0.3) is 5.70 Å². The van der Waals surface area contributed by atoms with Gasteiger partial charge in [0.25, 0.3) is 5.92 Å². The van der Waals surface area contributed by atoms with Crippen LogP contribution < -0.4 is 5.32 Å². The van der Waals surface area contributed by atoms with E-state index >= 15 is 0 Å². The molecule has 0 radical (unpaired) electrons. The van der Waals surface area contributed by atoms with Gasteiger partial charge < -0.3 is 5.32 Å². The molecule has 1 aliphatic rings. The SMILES string of the molecule is O=CNC(=C(C=O)C1CCCCC1(F)F)c1ccccc1. The molecule has 5 heteroatoms. The fraction of sp³-hybridized carbons (Fsp3) is 0.375. The number of hydrogen-bond acceptors (Lipinski definition) is 2. The maximum absolute atomic E-state index is 14.1. The maximum atomic E-state index is 14.1. The van der Waals surface area contributed by atoms with E-state index < -0.39 is 11.8 Å². The Morgan fingerprint density at radius 3 is 2.48 bits per heavy atom. The number of allylic oxidation sites excluding steroid dienone is 1. The molecule has 3 nitrogen and oxygen atoms in total. The van der Waals surface area contributed by atoms with Crippen molar-refractivity contribution in [2.45, 2.75) is 31.6 Å². The van der Waals surface area contributed by atoms with Crippen LogP contribution in [0, 0.1) is 5.92 Å². The van der Waals surface area contributed by atoms with Gasteiger partial charge in [0, 0.05) is 12.0 Å². The summed E-state index contributed by atoms with van der Waals surface area (Å²) in [5.41, 5.74) is 0.693. The lowest BCUT2D eigenvalue weighted by molar-refractivity contribution is -0.110. The molecule has 1 saturated carbocycles. The van der Waals surface area contributed by atoms with Crippen molar-refractivity contribution < 1.29 is 18.4 Å². The van der Waals surface area contributed by atoms with Crippen molar-refractivity contribution in [1.82, 2.24) is 5.32 Å². The van der Waals surface area contributed by atoms with E-state index in [9.17, 15) is 18.4 Å². The minimum Gasteiger partial charge on any atom is -0.328 e. The first kappa shape index (κ1) is 15.4. The third kappa shape index (κ3) is 3.35. The van der Waals surface area contributed by atoms with Crippen LogP contribution in [-0.4, -0.2) is 18.6 Å². The standard InChI is InChI=1S/C16H17F2NO2/c17-16(18)9-5-4-8-14(16)13(10-20)15(19-11-21)12-6-2-1-3-7-12/h1-3,6-7,10-11,14H,4-5,8-9H2,(H,19,21). The fourth-order valence-electron chi connectivity index (χ4n) is 2.79. The molecule has 112 valence electrons. The van der Waals surface area contributed by atoms with Crippen molar-refractivity contribution >= 4 is 18.4 Å². The Bertz CT molecular complexity index is 540. The Labute approximate surface area is 122 Å². The van der Waals surface area contributed by atoms with Gasteiger partial charge in [-0.25, -0.2) is 8.78 Å². The molecule has 1 aromatic rings. The van der Waals surface area contributed by atoms with Crippen molar-refractivity contribution in [3.63, 3.8) is 0 Å². The quantitative estimate of drug-likeness (QED) is 0.669. The lowest BCUT2D eigenvalue weighted by atomic mass is 9.79. The normalized spacial score (nSPS) is 22.1. The highest BCUT2D eigenvalue weighted by Gasteiger charge is 2.44. The topological polar surface area (TPSA) is 46.2 Å². The number of amides is 1. The highest BCUT2D eigenvalue weighted by atomic mass is 19.3. The van der Waals surface area contributed by atoms with E-state index in [1.807, 2.05) is 0 Å². The summed E-state index contributed by atoms with van der Waals surface area (Å²) in [7, 11) is 0. The first-order valence-electron chi connectivity index (χ1n) is 6.93. The van der Waals surface area contributed by atoms with Gasteiger partial charge in [0.05, 0.1) is 11.6 Å². The average molecular weight is 293 g/mol. The summed E-state index contributed by atoms with van der Waals surface area (Å²) in [5.74, 6) is -4.06. The number of aldehydes is 1. The molecule has 1 fully saturated rings.